The third kappa shape index (κ3) is 3.22. The molecule has 0 amide bonds. The van der Waals surface area contributed by atoms with Crippen LogP contribution in [0.15, 0.2) is 57.1 Å². The van der Waals surface area contributed by atoms with E-state index in [2.05, 4.69) is 4.72 Å². The second-order valence-electron chi connectivity index (χ2n) is 5.09. The molecule has 2 aromatic carbocycles. The Labute approximate surface area is 148 Å². The standard InChI is InChI=1S/C16H16N2O3S3/c1-3-22-14-7-5-4-6-12(14)17-24(20,21)11-8-9-13-15(10-11)23-16(19)18(13)2/h4-10,17H,3H2,1-2H3. The summed E-state index contributed by atoms with van der Waals surface area (Å²) in [6.07, 6.45) is 0. The molecule has 0 radical (unpaired) electrons. The van der Waals surface area contributed by atoms with Gasteiger partial charge in [-0.1, -0.05) is 30.4 Å². The molecule has 0 aliphatic rings. The molecule has 5 nitrogen and oxygen atoms in total. The molecule has 24 heavy (non-hydrogen) atoms. The van der Waals surface area contributed by atoms with E-state index in [1.54, 1.807) is 43.1 Å². The molecule has 0 fully saturated rings. The summed E-state index contributed by atoms with van der Waals surface area (Å²) < 4.78 is 30.2. The Morgan fingerprint density at radius 3 is 2.71 bits per heavy atom. The molecule has 3 rings (SSSR count). The molecular weight excluding hydrogens is 364 g/mol. The number of hydrogen-bond donors (Lipinski definition) is 1. The van der Waals surface area contributed by atoms with Crippen LogP contribution in [0.4, 0.5) is 5.69 Å². The number of nitrogens with zero attached hydrogens (tertiary/aromatic N) is 1. The summed E-state index contributed by atoms with van der Waals surface area (Å²) in [6.45, 7) is 2.02. The van der Waals surface area contributed by atoms with Crippen LogP contribution in [0.5, 0.6) is 0 Å². The van der Waals surface area contributed by atoms with Crippen LogP contribution in [0.2, 0.25) is 0 Å². The number of para-hydroxylation sites is 1. The molecule has 3 aromatic rings. The number of benzene rings is 2. The molecule has 8 heteroatoms. The monoisotopic (exact) mass is 380 g/mol. The van der Waals surface area contributed by atoms with Crippen molar-refractivity contribution in [3.05, 3.63) is 52.1 Å². The van der Waals surface area contributed by atoms with E-state index in [-0.39, 0.29) is 9.77 Å². The van der Waals surface area contributed by atoms with Crippen molar-refractivity contribution in [2.24, 2.45) is 7.05 Å². The lowest BCUT2D eigenvalue weighted by molar-refractivity contribution is 0.601. The Morgan fingerprint density at radius 1 is 1.21 bits per heavy atom. The second kappa shape index (κ2) is 6.62. The first-order valence-electron chi connectivity index (χ1n) is 7.26. The lowest BCUT2D eigenvalue weighted by Gasteiger charge is -2.12. The van der Waals surface area contributed by atoms with Crippen LogP contribution in [-0.2, 0) is 17.1 Å². The average molecular weight is 381 g/mol. The van der Waals surface area contributed by atoms with Crippen molar-refractivity contribution < 1.29 is 8.42 Å². The molecule has 0 bridgehead atoms. The molecule has 126 valence electrons. The molecule has 1 aromatic heterocycles. The van der Waals surface area contributed by atoms with Crippen LogP contribution in [0.3, 0.4) is 0 Å². The minimum absolute atomic E-state index is 0.114. The zero-order chi connectivity index (χ0) is 17.3. The Morgan fingerprint density at radius 2 is 1.96 bits per heavy atom. The highest BCUT2D eigenvalue weighted by Crippen LogP contribution is 2.29. The second-order valence-corrected chi connectivity index (χ2v) is 9.07. The van der Waals surface area contributed by atoms with Gasteiger partial charge in [-0.2, -0.15) is 0 Å². The SMILES string of the molecule is CCSc1ccccc1NS(=O)(=O)c1ccc2c(c1)sc(=O)n2C. The van der Waals surface area contributed by atoms with Crippen molar-refractivity contribution in [2.75, 3.05) is 10.5 Å². The predicted octanol–water partition coefficient (Wildman–Crippen LogP) is 3.51. The first kappa shape index (κ1) is 17.1. The van der Waals surface area contributed by atoms with E-state index in [1.165, 1.54) is 10.6 Å². The van der Waals surface area contributed by atoms with Crippen LogP contribution in [-0.4, -0.2) is 18.7 Å². The minimum Gasteiger partial charge on any atom is -0.302 e. The summed E-state index contributed by atoms with van der Waals surface area (Å²) in [7, 11) is -2.04. The van der Waals surface area contributed by atoms with E-state index in [0.717, 1.165) is 27.5 Å². The number of rotatable bonds is 5. The summed E-state index contributed by atoms with van der Waals surface area (Å²) in [5, 5.41) is 0. The van der Waals surface area contributed by atoms with E-state index in [1.807, 2.05) is 19.1 Å². The maximum atomic E-state index is 12.7. The first-order chi connectivity index (χ1) is 11.4. The van der Waals surface area contributed by atoms with Gasteiger partial charge in [0.15, 0.2) is 0 Å². The maximum absolute atomic E-state index is 12.7. The fourth-order valence-electron chi connectivity index (χ4n) is 2.32. The fraction of sp³-hybridized carbons (Fsp3) is 0.188. The highest BCUT2D eigenvalue weighted by molar-refractivity contribution is 7.99. The summed E-state index contributed by atoms with van der Waals surface area (Å²) in [6, 6.07) is 12.0. The van der Waals surface area contributed by atoms with Crippen molar-refractivity contribution in [1.82, 2.24) is 4.57 Å². The molecule has 0 saturated heterocycles. The zero-order valence-corrected chi connectivity index (χ0v) is 15.6. The summed E-state index contributed by atoms with van der Waals surface area (Å²) in [5.74, 6) is 0.850. The normalized spacial score (nSPS) is 11.8. The van der Waals surface area contributed by atoms with Crippen molar-refractivity contribution in [3.63, 3.8) is 0 Å². The number of thioether (sulfide) groups is 1. The topological polar surface area (TPSA) is 68.2 Å². The van der Waals surface area contributed by atoms with Crippen molar-refractivity contribution in [1.29, 1.82) is 0 Å². The smallest absolute Gasteiger partial charge is 0.302 e. The fourth-order valence-corrected chi connectivity index (χ4v) is 5.24. The molecular formula is C16H16N2O3S3. The van der Waals surface area contributed by atoms with E-state index in [0.29, 0.717) is 10.4 Å². The van der Waals surface area contributed by atoms with Crippen molar-refractivity contribution in [2.45, 2.75) is 16.7 Å². The lowest BCUT2D eigenvalue weighted by Crippen LogP contribution is -2.13. The van der Waals surface area contributed by atoms with Crippen LogP contribution in [0.25, 0.3) is 10.2 Å². The zero-order valence-electron chi connectivity index (χ0n) is 13.1. The largest absolute Gasteiger partial charge is 0.307 e. The number of nitrogens with one attached hydrogen (secondary N) is 1. The third-order valence-corrected chi connectivity index (χ3v) is 6.82. The van der Waals surface area contributed by atoms with E-state index < -0.39 is 10.0 Å². The van der Waals surface area contributed by atoms with E-state index in [9.17, 15) is 13.2 Å². The maximum Gasteiger partial charge on any atom is 0.307 e. The number of aryl methyl sites for hydroxylation is 1. The lowest BCUT2D eigenvalue weighted by atomic mass is 10.3. The Kier molecular flexibility index (Phi) is 4.71. The highest BCUT2D eigenvalue weighted by atomic mass is 32.2. The van der Waals surface area contributed by atoms with Gasteiger partial charge in [-0.05, 0) is 36.1 Å². The van der Waals surface area contributed by atoms with E-state index >= 15 is 0 Å². The van der Waals surface area contributed by atoms with Crippen molar-refractivity contribution >= 4 is 49.0 Å². The molecule has 0 atom stereocenters. The summed E-state index contributed by atoms with van der Waals surface area (Å²) in [4.78, 5) is 12.6. The van der Waals surface area contributed by atoms with Gasteiger partial charge in [-0.15, -0.1) is 11.8 Å². The Hall–Kier alpha value is -1.77. The summed E-state index contributed by atoms with van der Waals surface area (Å²) in [5.41, 5.74) is 1.29. The minimum atomic E-state index is -3.72. The van der Waals surface area contributed by atoms with Gasteiger partial charge in [-0.3, -0.25) is 9.52 Å². The molecule has 0 unspecified atom stereocenters. The van der Waals surface area contributed by atoms with Gasteiger partial charge < -0.3 is 4.57 Å². The van der Waals surface area contributed by atoms with Crippen LogP contribution >= 0.6 is 23.1 Å². The average Bonchev–Trinajstić information content (AvgIpc) is 2.83. The van der Waals surface area contributed by atoms with E-state index in [4.69, 9.17) is 0 Å². The molecule has 0 saturated carbocycles. The Balaban J connectivity index is 2.01. The van der Waals surface area contributed by atoms with Gasteiger partial charge in [0.05, 0.1) is 20.8 Å². The van der Waals surface area contributed by atoms with Crippen molar-refractivity contribution in [3.8, 4) is 0 Å². The summed E-state index contributed by atoms with van der Waals surface area (Å²) >= 11 is 2.61. The number of thiazole rings is 1. The van der Waals surface area contributed by atoms with Gasteiger partial charge in [-0.25, -0.2) is 8.42 Å². The number of anilines is 1. The van der Waals surface area contributed by atoms with Gasteiger partial charge >= 0.3 is 4.87 Å². The van der Waals surface area contributed by atoms with Gasteiger partial charge in [0.2, 0.25) is 0 Å². The predicted molar refractivity (Wildman–Crippen MR) is 101 cm³/mol. The quantitative estimate of drug-likeness (QED) is 0.688. The molecule has 1 heterocycles. The molecule has 0 aliphatic carbocycles. The Bertz CT molecular complexity index is 1050. The van der Waals surface area contributed by atoms with Gasteiger partial charge in [0, 0.05) is 11.9 Å². The number of aromatic nitrogens is 1. The first-order valence-corrected chi connectivity index (χ1v) is 10.5. The van der Waals surface area contributed by atoms with Crippen LogP contribution in [0, 0.1) is 0 Å². The molecule has 1 N–H and O–H groups in total. The van der Waals surface area contributed by atoms with Gasteiger partial charge in [0.1, 0.15) is 0 Å². The number of fused-ring (bicyclic) bond motifs is 1. The molecule has 0 spiro atoms. The highest BCUT2D eigenvalue weighted by Gasteiger charge is 2.17. The third-order valence-electron chi connectivity index (χ3n) is 3.51. The molecule has 0 aliphatic heterocycles. The number of hydrogen-bond acceptors (Lipinski definition) is 5. The van der Waals surface area contributed by atoms with Crippen LogP contribution in [0.1, 0.15) is 6.92 Å². The van der Waals surface area contributed by atoms with Crippen LogP contribution < -0.4 is 9.60 Å². The van der Waals surface area contributed by atoms with Gasteiger partial charge in [0.25, 0.3) is 10.0 Å². The number of sulfonamides is 1.